The minimum atomic E-state index is -4.33. The molecule has 1 saturated carbocycles. The lowest BCUT2D eigenvalue weighted by Crippen LogP contribution is -2.24. The standard InChI is InChI=1S/C15H21F3N2O/c1-20(12-4-5-12)14-6-3-11(10-19-7-8-21-2)9-13(14)15(16,17)18/h3,6,9,12,19H,4-5,7-8,10H2,1-2H3. The summed E-state index contributed by atoms with van der Waals surface area (Å²) >= 11 is 0. The lowest BCUT2D eigenvalue weighted by molar-refractivity contribution is -0.137. The van der Waals surface area contributed by atoms with Gasteiger partial charge >= 0.3 is 6.18 Å². The molecule has 0 radical (unpaired) electrons. The molecule has 0 saturated heterocycles. The van der Waals surface area contributed by atoms with Gasteiger partial charge in [0.15, 0.2) is 0 Å². The van der Waals surface area contributed by atoms with Gasteiger partial charge in [0.1, 0.15) is 0 Å². The Kier molecular flexibility index (Phi) is 5.11. The predicted octanol–water partition coefficient (Wildman–Crippen LogP) is 3.04. The SMILES string of the molecule is COCCNCc1ccc(N(C)C2CC2)c(C(F)(F)F)c1. The largest absolute Gasteiger partial charge is 0.418 e. The van der Waals surface area contributed by atoms with E-state index in [1.807, 2.05) is 0 Å². The molecular formula is C15H21F3N2O. The van der Waals surface area contributed by atoms with E-state index in [1.165, 1.54) is 6.07 Å². The van der Waals surface area contributed by atoms with Gasteiger partial charge in [0.05, 0.1) is 12.2 Å². The van der Waals surface area contributed by atoms with Gasteiger partial charge in [-0.3, -0.25) is 0 Å². The Hall–Kier alpha value is -1.27. The number of halogens is 3. The second-order valence-electron chi connectivity index (χ2n) is 5.36. The minimum Gasteiger partial charge on any atom is -0.383 e. The molecule has 2 rings (SSSR count). The van der Waals surface area contributed by atoms with Gasteiger partial charge in [-0.25, -0.2) is 0 Å². The van der Waals surface area contributed by atoms with Crippen LogP contribution in [0.25, 0.3) is 0 Å². The molecule has 3 nitrogen and oxygen atoms in total. The van der Waals surface area contributed by atoms with Crippen molar-refractivity contribution in [1.29, 1.82) is 0 Å². The summed E-state index contributed by atoms with van der Waals surface area (Å²) in [5, 5.41) is 3.06. The third-order valence-corrected chi connectivity index (χ3v) is 3.65. The summed E-state index contributed by atoms with van der Waals surface area (Å²) in [6.07, 6.45) is -2.40. The van der Waals surface area contributed by atoms with Crippen molar-refractivity contribution in [3.63, 3.8) is 0 Å². The summed E-state index contributed by atoms with van der Waals surface area (Å²) in [6, 6.07) is 4.82. The molecule has 0 atom stereocenters. The summed E-state index contributed by atoms with van der Waals surface area (Å²) in [5.74, 6) is 0. The van der Waals surface area contributed by atoms with E-state index in [0.29, 0.717) is 25.3 Å². The van der Waals surface area contributed by atoms with Gasteiger partial charge in [0.2, 0.25) is 0 Å². The number of benzene rings is 1. The molecule has 6 heteroatoms. The highest BCUT2D eigenvalue weighted by Gasteiger charge is 2.37. The van der Waals surface area contributed by atoms with Crippen molar-refractivity contribution in [3.8, 4) is 0 Å². The molecule has 1 fully saturated rings. The number of rotatable bonds is 7. The van der Waals surface area contributed by atoms with Crippen LogP contribution < -0.4 is 10.2 Å². The Labute approximate surface area is 123 Å². The highest BCUT2D eigenvalue weighted by atomic mass is 19.4. The molecule has 1 aliphatic carbocycles. The first-order valence-electron chi connectivity index (χ1n) is 7.06. The van der Waals surface area contributed by atoms with Crippen molar-refractivity contribution in [3.05, 3.63) is 29.3 Å². The maximum absolute atomic E-state index is 13.2. The first-order valence-corrected chi connectivity index (χ1v) is 7.06. The molecule has 21 heavy (non-hydrogen) atoms. The van der Waals surface area contributed by atoms with Crippen LogP contribution in [0.5, 0.6) is 0 Å². The molecule has 0 spiro atoms. The van der Waals surface area contributed by atoms with Crippen molar-refractivity contribution in [2.75, 3.05) is 32.2 Å². The molecular weight excluding hydrogens is 281 g/mol. The first-order chi connectivity index (χ1) is 9.93. The van der Waals surface area contributed by atoms with Gasteiger partial charge in [-0.2, -0.15) is 13.2 Å². The summed E-state index contributed by atoms with van der Waals surface area (Å²) in [7, 11) is 3.32. The molecule has 1 N–H and O–H groups in total. The van der Waals surface area contributed by atoms with Crippen LogP contribution in [0.2, 0.25) is 0 Å². The van der Waals surface area contributed by atoms with Gasteiger partial charge < -0.3 is 15.0 Å². The maximum atomic E-state index is 13.2. The number of ether oxygens (including phenoxy) is 1. The van der Waals surface area contributed by atoms with Crippen LogP contribution >= 0.6 is 0 Å². The molecule has 0 heterocycles. The fraction of sp³-hybridized carbons (Fsp3) is 0.600. The van der Waals surface area contributed by atoms with E-state index in [-0.39, 0.29) is 11.7 Å². The number of nitrogens with zero attached hydrogens (tertiary/aromatic N) is 1. The molecule has 0 unspecified atom stereocenters. The van der Waals surface area contributed by atoms with E-state index in [4.69, 9.17) is 4.74 Å². The van der Waals surface area contributed by atoms with E-state index in [2.05, 4.69) is 5.32 Å². The number of hydrogen-bond donors (Lipinski definition) is 1. The quantitative estimate of drug-likeness (QED) is 0.784. The lowest BCUT2D eigenvalue weighted by Gasteiger charge is -2.24. The van der Waals surface area contributed by atoms with Crippen LogP contribution in [0, 0.1) is 0 Å². The monoisotopic (exact) mass is 302 g/mol. The second-order valence-corrected chi connectivity index (χ2v) is 5.36. The van der Waals surface area contributed by atoms with Gasteiger partial charge in [0.25, 0.3) is 0 Å². The van der Waals surface area contributed by atoms with Crippen LogP contribution in [-0.2, 0) is 17.5 Å². The maximum Gasteiger partial charge on any atom is 0.418 e. The highest BCUT2D eigenvalue weighted by molar-refractivity contribution is 5.57. The molecule has 0 bridgehead atoms. The molecule has 1 aliphatic rings. The average molecular weight is 302 g/mol. The third kappa shape index (κ3) is 4.35. The van der Waals surface area contributed by atoms with E-state index < -0.39 is 11.7 Å². The predicted molar refractivity (Wildman–Crippen MR) is 76.5 cm³/mol. The van der Waals surface area contributed by atoms with Crippen molar-refractivity contribution in [2.45, 2.75) is 31.6 Å². The van der Waals surface area contributed by atoms with Gasteiger partial charge in [-0.05, 0) is 30.5 Å². The summed E-state index contributed by atoms with van der Waals surface area (Å²) in [6.45, 7) is 1.55. The van der Waals surface area contributed by atoms with Crippen molar-refractivity contribution < 1.29 is 17.9 Å². The Morgan fingerprint density at radius 2 is 2.05 bits per heavy atom. The summed E-state index contributed by atoms with van der Waals surface area (Å²) in [5.41, 5.74) is 0.347. The van der Waals surface area contributed by atoms with E-state index in [9.17, 15) is 13.2 Å². The Balaban J connectivity index is 2.15. The average Bonchev–Trinajstić information content (AvgIpc) is 3.26. The molecule has 0 aliphatic heterocycles. The van der Waals surface area contributed by atoms with E-state index in [0.717, 1.165) is 12.8 Å². The van der Waals surface area contributed by atoms with Crippen molar-refractivity contribution in [1.82, 2.24) is 5.32 Å². The van der Waals surface area contributed by atoms with E-state index >= 15 is 0 Å². The van der Waals surface area contributed by atoms with Gasteiger partial charge in [-0.1, -0.05) is 6.07 Å². The van der Waals surface area contributed by atoms with Gasteiger partial charge in [-0.15, -0.1) is 0 Å². The Morgan fingerprint density at radius 3 is 2.62 bits per heavy atom. The summed E-state index contributed by atoms with van der Waals surface area (Å²) in [4.78, 5) is 1.74. The van der Waals surface area contributed by atoms with E-state index in [1.54, 1.807) is 31.2 Å². The number of alkyl halides is 3. The zero-order valence-corrected chi connectivity index (χ0v) is 12.3. The summed E-state index contributed by atoms with van der Waals surface area (Å²) < 4.78 is 44.6. The molecule has 1 aromatic rings. The van der Waals surface area contributed by atoms with Crippen LogP contribution in [0.3, 0.4) is 0 Å². The van der Waals surface area contributed by atoms with Crippen LogP contribution in [0.15, 0.2) is 18.2 Å². The first kappa shape index (κ1) is 16.1. The normalized spacial score (nSPS) is 15.3. The lowest BCUT2D eigenvalue weighted by atomic mass is 10.1. The number of anilines is 1. The molecule has 1 aromatic carbocycles. The fourth-order valence-electron chi connectivity index (χ4n) is 2.29. The topological polar surface area (TPSA) is 24.5 Å². The second kappa shape index (κ2) is 6.66. The fourth-order valence-corrected chi connectivity index (χ4v) is 2.29. The number of nitrogens with one attached hydrogen (secondary N) is 1. The van der Waals surface area contributed by atoms with Crippen LogP contribution in [0.1, 0.15) is 24.0 Å². The Bertz CT molecular complexity index is 472. The zero-order chi connectivity index (χ0) is 15.5. The molecule has 0 aromatic heterocycles. The van der Waals surface area contributed by atoms with Gasteiger partial charge in [0, 0.05) is 39.0 Å². The number of hydrogen-bond acceptors (Lipinski definition) is 3. The number of methoxy groups -OCH3 is 1. The van der Waals surface area contributed by atoms with Crippen LogP contribution in [0.4, 0.5) is 18.9 Å². The smallest absolute Gasteiger partial charge is 0.383 e. The van der Waals surface area contributed by atoms with Crippen molar-refractivity contribution >= 4 is 5.69 Å². The zero-order valence-electron chi connectivity index (χ0n) is 12.3. The van der Waals surface area contributed by atoms with Crippen LogP contribution in [-0.4, -0.2) is 33.4 Å². The molecule has 0 amide bonds. The minimum absolute atomic E-state index is 0.247. The highest BCUT2D eigenvalue weighted by Crippen LogP contribution is 2.40. The Morgan fingerprint density at radius 1 is 1.33 bits per heavy atom. The molecule has 118 valence electrons. The van der Waals surface area contributed by atoms with Crippen molar-refractivity contribution in [2.24, 2.45) is 0 Å². The third-order valence-electron chi connectivity index (χ3n) is 3.65.